The molecule has 0 atom stereocenters. The minimum Gasteiger partial charge on any atom is -0.461 e. The second kappa shape index (κ2) is 8.35. The van der Waals surface area contributed by atoms with Crippen LogP contribution in [0.1, 0.15) is 18.4 Å². The molecule has 1 aliphatic heterocycles. The Labute approximate surface area is 171 Å². The second-order valence-electron chi connectivity index (χ2n) is 7.24. The lowest BCUT2D eigenvalue weighted by Crippen LogP contribution is -2.40. The van der Waals surface area contributed by atoms with Crippen LogP contribution in [-0.2, 0) is 26.2 Å². The molecule has 1 aliphatic rings. The van der Waals surface area contributed by atoms with E-state index < -0.39 is 10.0 Å². The molecule has 4 rings (SSSR count). The molecule has 29 heavy (non-hydrogen) atoms. The van der Waals surface area contributed by atoms with Gasteiger partial charge in [-0.3, -0.25) is 4.79 Å². The van der Waals surface area contributed by atoms with Gasteiger partial charge in [0.05, 0.1) is 10.8 Å². The van der Waals surface area contributed by atoms with E-state index in [0.717, 1.165) is 16.3 Å². The Hall–Kier alpha value is -2.70. The molecule has 0 spiro atoms. The van der Waals surface area contributed by atoms with Crippen LogP contribution < -0.4 is 0 Å². The number of ether oxygens (including phenoxy) is 1. The van der Waals surface area contributed by atoms with Gasteiger partial charge in [-0.15, -0.1) is 0 Å². The van der Waals surface area contributed by atoms with Crippen LogP contribution in [0.15, 0.2) is 77.7 Å². The maximum Gasteiger partial charge on any atom is 0.309 e. The first-order chi connectivity index (χ1) is 14.1. The van der Waals surface area contributed by atoms with E-state index >= 15 is 0 Å². The lowest BCUT2D eigenvalue weighted by molar-refractivity contribution is -0.151. The third-order valence-corrected chi connectivity index (χ3v) is 7.33. The number of piperidine rings is 1. The molecular formula is C23H23NO4S. The van der Waals surface area contributed by atoms with E-state index in [1.165, 1.54) is 4.31 Å². The van der Waals surface area contributed by atoms with E-state index in [4.69, 9.17) is 4.74 Å². The molecule has 5 nitrogen and oxygen atoms in total. The number of benzene rings is 3. The summed E-state index contributed by atoms with van der Waals surface area (Å²) >= 11 is 0. The van der Waals surface area contributed by atoms with Gasteiger partial charge in [-0.05, 0) is 41.3 Å². The minimum absolute atomic E-state index is 0.225. The summed E-state index contributed by atoms with van der Waals surface area (Å²) in [6.45, 7) is 0.874. The van der Waals surface area contributed by atoms with Gasteiger partial charge in [0.1, 0.15) is 6.61 Å². The lowest BCUT2D eigenvalue weighted by atomic mass is 9.98. The van der Waals surface area contributed by atoms with Gasteiger partial charge in [-0.2, -0.15) is 4.31 Å². The van der Waals surface area contributed by atoms with Crippen molar-refractivity contribution in [2.75, 3.05) is 13.1 Å². The number of hydrogen-bond acceptors (Lipinski definition) is 4. The molecule has 0 saturated carbocycles. The van der Waals surface area contributed by atoms with Crippen molar-refractivity contribution in [2.45, 2.75) is 24.3 Å². The average Bonchev–Trinajstić information content (AvgIpc) is 2.78. The number of rotatable bonds is 5. The Morgan fingerprint density at radius 3 is 2.31 bits per heavy atom. The van der Waals surface area contributed by atoms with Gasteiger partial charge in [-0.25, -0.2) is 8.42 Å². The molecular weight excluding hydrogens is 386 g/mol. The highest BCUT2D eigenvalue weighted by atomic mass is 32.2. The Kier molecular flexibility index (Phi) is 5.65. The quantitative estimate of drug-likeness (QED) is 0.598. The largest absolute Gasteiger partial charge is 0.461 e. The highest BCUT2D eigenvalue weighted by Crippen LogP contribution is 2.25. The molecule has 0 aliphatic carbocycles. The molecule has 0 amide bonds. The van der Waals surface area contributed by atoms with Crippen molar-refractivity contribution in [3.05, 3.63) is 78.4 Å². The maximum atomic E-state index is 12.7. The zero-order valence-corrected chi connectivity index (χ0v) is 16.8. The van der Waals surface area contributed by atoms with Crippen LogP contribution >= 0.6 is 0 Å². The normalized spacial score (nSPS) is 16.0. The van der Waals surface area contributed by atoms with E-state index in [0.29, 0.717) is 25.9 Å². The summed E-state index contributed by atoms with van der Waals surface area (Å²) in [5.74, 6) is -0.526. The Morgan fingerprint density at radius 1 is 0.897 bits per heavy atom. The van der Waals surface area contributed by atoms with Gasteiger partial charge < -0.3 is 4.74 Å². The van der Waals surface area contributed by atoms with E-state index in [9.17, 15) is 13.2 Å². The predicted molar refractivity (Wildman–Crippen MR) is 112 cm³/mol. The highest BCUT2D eigenvalue weighted by Gasteiger charge is 2.32. The third-order valence-electron chi connectivity index (χ3n) is 5.42. The van der Waals surface area contributed by atoms with Crippen LogP contribution in [0.2, 0.25) is 0 Å². The number of esters is 1. The van der Waals surface area contributed by atoms with E-state index in [-0.39, 0.29) is 23.4 Å². The number of nitrogens with zero attached hydrogens (tertiary/aromatic N) is 1. The van der Waals surface area contributed by atoms with Crippen LogP contribution in [0.25, 0.3) is 10.8 Å². The molecule has 150 valence electrons. The van der Waals surface area contributed by atoms with Gasteiger partial charge in [0.15, 0.2) is 0 Å². The summed E-state index contributed by atoms with van der Waals surface area (Å²) < 4.78 is 32.4. The fraction of sp³-hybridized carbons (Fsp3) is 0.261. The monoisotopic (exact) mass is 409 g/mol. The van der Waals surface area contributed by atoms with Crippen LogP contribution in [0.4, 0.5) is 0 Å². The molecule has 3 aromatic carbocycles. The van der Waals surface area contributed by atoms with Crippen molar-refractivity contribution < 1.29 is 17.9 Å². The second-order valence-corrected chi connectivity index (χ2v) is 9.18. The zero-order chi connectivity index (χ0) is 20.3. The van der Waals surface area contributed by atoms with Gasteiger partial charge in [0, 0.05) is 13.1 Å². The first-order valence-electron chi connectivity index (χ1n) is 9.74. The number of hydrogen-bond donors (Lipinski definition) is 0. The van der Waals surface area contributed by atoms with Gasteiger partial charge in [-0.1, -0.05) is 60.7 Å². The molecule has 1 heterocycles. The molecule has 0 aromatic heterocycles. The van der Waals surface area contributed by atoms with Crippen molar-refractivity contribution in [2.24, 2.45) is 5.92 Å². The summed E-state index contributed by atoms with van der Waals surface area (Å²) in [5, 5.41) is 2.19. The Bertz CT molecular complexity index is 1100. The minimum atomic E-state index is -3.51. The highest BCUT2D eigenvalue weighted by molar-refractivity contribution is 7.89. The zero-order valence-electron chi connectivity index (χ0n) is 16.0. The maximum absolute atomic E-state index is 12.7. The molecule has 6 heteroatoms. The Morgan fingerprint density at radius 2 is 1.55 bits per heavy atom. The molecule has 0 N–H and O–H groups in total. The van der Waals surface area contributed by atoms with Crippen LogP contribution in [0.3, 0.4) is 0 Å². The summed E-state index contributed by atoms with van der Waals surface area (Å²) in [4.78, 5) is 12.8. The first-order valence-corrected chi connectivity index (χ1v) is 11.2. The molecule has 0 bridgehead atoms. The number of carbonyl (C=O) groups excluding carboxylic acids is 1. The van der Waals surface area contributed by atoms with E-state index in [2.05, 4.69) is 0 Å². The SMILES string of the molecule is O=C(OCc1cccc2ccccc12)C1CCN(S(=O)(=O)c2ccccc2)CC1. The van der Waals surface area contributed by atoms with Gasteiger partial charge in [0.25, 0.3) is 0 Å². The predicted octanol–water partition coefficient (Wildman–Crippen LogP) is 3.98. The Balaban J connectivity index is 1.36. The third kappa shape index (κ3) is 4.18. The van der Waals surface area contributed by atoms with Crippen LogP contribution in [0.5, 0.6) is 0 Å². The molecule has 1 saturated heterocycles. The standard InChI is InChI=1S/C23H23NO4S/c25-23(28-17-20-9-6-8-18-7-4-5-12-22(18)20)19-13-15-24(16-14-19)29(26,27)21-10-2-1-3-11-21/h1-12,19H,13-17H2. The molecule has 1 fully saturated rings. The average molecular weight is 410 g/mol. The topological polar surface area (TPSA) is 63.7 Å². The van der Waals surface area contributed by atoms with Crippen LogP contribution in [0, 0.1) is 5.92 Å². The van der Waals surface area contributed by atoms with Gasteiger partial charge in [0.2, 0.25) is 10.0 Å². The summed E-state index contributed by atoms with van der Waals surface area (Å²) in [6.07, 6.45) is 0.945. The summed E-state index contributed by atoms with van der Waals surface area (Å²) in [5.41, 5.74) is 0.973. The van der Waals surface area contributed by atoms with E-state index in [1.807, 2.05) is 42.5 Å². The molecule has 0 unspecified atom stereocenters. The smallest absolute Gasteiger partial charge is 0.309 e. The van der Waals surface area contributed by atoms with Crippen molar-refractivity contribution in [1.82, 2.24) is 4.31 Å². The fourth-order valence-corrected chi connectivity index (χ4v) is 5.25. The van der Waals surface area contributed by atoms with Crippen molar-refractivity contribution in [3.63, 3.8) is 0 Å². The number of sulfonamides is 1. The van der Waals surface area contributed by atoms with Crippen molar-refractivity contribution >= 4 is 26.8 Å². The molecule has 3 aromatic rings. The summed E-state index contributed by atoms with van der Waals surface area (Å²) in [7, 11) is -3.51. The van der Waals surface area contributed by atoms with E-state index in [1.54, 1.807) is 30.3 Å². The van der Waals surface area contributed by atoms with Crippen molar-refractivity contribution in [1.29, 1.82) is 0 Å². The van der Waals surface area contributed by atoms with Crippen LogP contribution in [-0.4, -0.2) is 31.8 Å². The lowest BCUT2D eigenvalue weighted by Gasteiger charge is -2.30. The fourth-order valence-electron chi connectivity index (χ4n) is 3.76. The first kappa shape index (κ1) is 19.6. The van der Waals surface area contributed by atoms with Gasteiger partial charge >= 0.3 is 5.97 Å². The number of fused-ring (bicyclic) bond motifs is 1. The molecule has 0 radical (unpaired) electrons. The number of carbonyl (C=O) groups is 1. The van der Waals surface area contributed by atoms with Crippen molar-refractivity contribution in [3.8, 4) is 0 Å². The summed E-state index contributed by atoms with van der Waals surface area (Å²) in [6, 6.07) is 22.4.